The number of hydrogen-bond donors (Lipinski definition) is 0. The van der Waals surface area contributed by atoms with Gasteiger partial charge in [-0.25, -0.2) is 0 Å². The molecule has 0 bridgehead atoms. The second kappa shape index (κ2) is 6.09. The van der Waals surface area contributed by atoms with E-state index in [1.54, 1.807) is 6.07 Å². The molecular weight excluding hydrogens is 286 g/mol. The lowest BCUT2D eigenvalue weighted by molar-refractivity contribution is -0.385. The highest BCUT2D eigenvalue weighted by molar-refractivity contribution is 5.92. The molecule has 1 aliphatic carbocycles. The van der Waals surface area contributed by atoms with Gasteiger partial charge in [0, 0.05) is 30.5 Å². The summed E-state index contributed by atoms with van der Waals surface area (Å²) < 4.78 is 5.21. The lowest BCUT2D eigenvalue weighted by Crippen LogP contribution is -2.24. The van der Waals surface area contributed by atoms with Crippen LogP contribution in [0.5, 0.6) is 0 Å². The van der Waals surface area contributed by atoms with E-state index < -0.39 is 10.9 Å². The number of ether oxygens (including phenoxy) is 1. The number of nitrogens with zero attached hydrogens (tertiary/aromatic N) is 1. The average molecular weight is 303 g/mol. The van der Waals surface area contributed by atoms with Gasteiger partial charge in [0.2, 0.25) is 0 Å². The van der Waals surface area contributed by atoms with Gasteiger partial charge in [0.15, 0.2) is 5.78 Å². The molecule has 22 heavy (non-hydrogen) atoms. The highest BCUT2D eigenvalue weighted by Gasteiger charge is 2.29. The zero-order valence-corrected chi connectivity index (χ0v) is 12.5. The average Bonchev–Trinajstić information content (AvgIpc) is 2.36. The molecule has 0 amide bonds. The Hall–Kier alpha value is -2.50. The number of carbonyl (C=O) groups excluding carboxylic acids is 2. The molecule has 116 valence electrons. The summed E-state index contributed by atoms with van der Waals surface area (Å²) in [6, 6.07) is 6.03. The number of nitro benzene ring substituents is 1. The number of benzene rings is 1. The Morgan fingerprint density at radius 2 is 2.00 bits per heavy atom. The topological polar surface area (TPSA) is 86.5 Å². The summed E-state index contributed by atoms with van der Waals surface area (Å²) in [4.78, 5) is 34.0. The molecule has 0 fully saturated rings. The molecule has 0 heterocycles. The minimum atomic E-state index is -0.606. The van der Waals surface area contributed by atoms with Crippen molar-refractivity contribution in [3.8, 4) is 0 Å². The van der Waals surface area contributed by atoms with Crippen LogP contribution in [0, 0.1) is 15.5 Å². The number of para-hydroxylation sites is 1. The van der Waals surface area contributed by atoms with Gasteiger partial charge in [0.05, 0.1) is 11.3 Å². The van der Waals surface area contributed by atoms with Crippen molar-refractivity contribution in [3.05, 3.63) is 51.8 Å². The predicted molar refractivity (Wildman–Crippen MR) is 79.0 cm³/mol. The summed E-state index contributed by atoms with van der Waals surface area (Å²) in [5.74, 6) is -0.361. The van der Waals surface area contributed by atoms with Gasteiger partial charge in [0.25, 0.3) is 5.69 Å². The fraction of sp³-hybridized carbons (Fsp3) is 0.375. The molecule has 1 aliphatic rings. The van der Waals surface area contributed by atoms with Gasteiger partial charge in [0.1, 0.15) is 5.76 Å². The number of esters is 1. The van der Waals surface area contributed by atoms with Crippen LogP contribution in [0.2, 0.25) is 0 Å². The second-order valence-electron chi connectivity index (χ2n) is 6.13. The molecule has 0 aliphatic heterocycles. The van der Waals surface area contributed by atoms with Gasteiger partial charge in [-0.15, -0.1) is 0 Å². The van der Waals surface area contributed by atoms with Gasteiger partial charge < -0.3 is 4.74 Å². The van der Waals surface area contributed by atoms with E-state index in [2.05, 4.69) is 0 Å². The molecule has 6 heteroatoms. The molecule has 0 unspecified atom stereocenters. The van der Waals surface area contributed by atoms with E-state index in [1.807, 2.05) is 13.8 Å². The molecule has 0 radical (unpaired) electrons. The first-order valence-corrected chi connectivity index (χ1v) is 6.93. The largest absolute Gasteiger partial charge is 0.431 e. The Kier molecular flexibility index (Phi) is 4.40. The number of hydrogen-bond acceptors (Lipinski definition) is 5. The van der Waals surface area contributed by atoms with Crippen molar-refractivity contribution in [2.75, 3.05) is 0 Å². The highest BCUT2D eigenvalue weighted by atomic mass is 16.6. The molecule has 1 aromatic carbocycles. The van der Waals surface area contributed by atoms with Crippen LogP contribution < -0.4 is 0 Å². The molecule has 0 aromatic heterocycles. The minimum absolute atomic E-state index is 0.0789. The molecule has 0 saturated carbocycles. The number of allylic oxidation sites excluding steroid dienone is 2. The first-order valence-electron chi connectivity index (χ1n) is 6.93. The quantitative estimate of drug-likeness (QED) is 0.485. The van der Waals surface area contributed by atoms with Crippen LogP contribution in [0.1, 0.15) is 32.3 Å². The molecular formula is C16H17NO5. The smallest absolute Gasteiger partial charge is 0.315 e. The van der Waals surface area contributed by atoms with E-state index in [0.29, 0.717) is 24.2 Å². The van der Waals surface area contributed by atoms with Gasteiger partial charge >= 0.3 is 5.97 Å². The van der Waals surface area contributed by atoms with Gasteiger partial charge in [-0.05, 0) is 5.41 Å². The lowest BCUT2D eigenvalue weighted by Gasteiger charge is -2.27. The van der Waals surface area contributed by atoms with E-state index in [1.165, 1.54) is 24.3 Å². The molecule has 1 aromatic rings. The summed E-state index contributed by atoms with van der Waals surface area (Å²) in [7, 11) is 0. The number of rotatable bonds is 4. The van der Waals surface area contributed by atoms with Crippen LogP contribution in [-0.4, -0.2) is 16.7 Å². The number of carbonyl (C=O) groups is 2. The Balaban J connectivity index is 2.08. The lowest BCUT2D eigenvalue weighted by atomic mass is 9.79. The monoisotopic (exact) mass is 303 g/mol. The van der Waals surface area contributed by atoms with E-state index in [-0.39, 0.29) is 23.3 Å². The fourth-order valence-electron chi connectivity index (χ4n) is 2.53. The van der Waals surface area contributed by atoms with E-state index >= 15 is 0 Å². The zero-order chi connectivity index (χ0) is 16.3. The maximum atomic E-state index is 12.0. The fourth-order valence-corrected chi connectivity index (χ4v) is 2.53. The van der Waals surface area contributed by atoms with E-state index in [4.69, 9.17) is 4.74 Å². The molecule has 2 rings (SSSR count). The maximum Gasteiger partial charge on any atom is 0.315 e. The third-order valence-electron chi connectivity index (χ3n) is 3.40. The van der Waals surface area contributed by atoms with Crippen molar-refractivity contribution >= 4 is 17.4 Å². The van der Waals surface area contributed by atoms with Crippen molar-refractivity contribution in [2.45, 2.75) is 33.1 Å². The summed E-state index contributed by atoms with van der Waals surface area (Å²) in [5, 5.41) is 10.9. The van der Waals surface area contributed by atoms with Crippen LogP contribution in [-0.2, 0) is 20.7 Å². The van der Waals surface area contributed by atoms with Crippen molar-refractivity contribution in [1.82, 2.24) is 0 Å². The van der Waals surface area contributed by atoms with Crippen molar-refractivity contribution in [2.24, 2.45) is 5.41 Å². The third kappa shape index (κ3) is 4.00. The second-order valence-corrected chi connectivity index (χ2v) is 6.13. The van der Waals surface area contributed by atoms with Crippen LogP contribution in [0.25, 0.3) is 0 Å². The Morgan fingerprint density at radius 3 is 2.64 bits per heavy atom. The predicted octanol–water partition coefficient (Wildman–Crippen LogP) is 2.95. The molecule has 6 nitrogen and oxygen atoms in total. The van der Waals surface area contributed by atoms with Gasteiger partial charge in [-0.3, -0.25) is 19.7 Å². The molecule has 0 saturated heterocycles. The summed E-state index contributed by atoms with van der Waals surface area (Å²) in [6.45, 7) is 3.85. The number of nitro groups is 1. The molecule has 0 atom stereocenters. The highest BCUT2D eigenvalue weighted by Crippen LogP contribution is 2.34. The van der Waals surface area contributed by atoms with Crippen LogP contribution in [0.15, 0.2) is 36.1 Å². The van der Waals surface area contributed by atoms with Crippen molar-refractivity contribution in [1.29, 1.82) is 0 Å². The maximum absolute atomic E-state index is 12.0. The van der Waals surface area contributed by atoms with Gasteiger partial charge in [-0.2, -0.15) is 0 Å². The minimum Gasteiger partial charge on any atom is -0.431 e. The Morgan fingerprint density at radius 1 is 1.32 bits per heavy atom. The van der Waals surface area contributed by atoms with Crippen molar-refractivity contribution in [3.63, 3.8) is 0 Å². The van der Waals surface area contributed by atoms with Crippen LogP contribution in [0.4, 0.5) is 5.69 Å². The molecule has 0 spiro atoms. The summed E-state index contributed by atoms with van der Waals surface area (Å²) in [5.41, 5.74) is -0.0758. The van der Waals surface area contributed by atoms with E-state index in [9.17, 15) is 19.7 Å². The SMILES string of the molecule is CC1(C)CC(=O)C=C(OC(=O)Cc2ccccc2[N+](=O)[O-])C1. The first-order chi connectivity index (χ1) is 10.3. The Labute approximate surface area is 127 Å². The van der Waals surface area contributed by atoms with Gasteiger partial charge in [-0.1, -0.05) is 32.0 Å². The van der Waals surface area contributed by atoms with Crippen molar-refractivity contribution < 1.29 is 19.2 Å². The van der Waals surface area contributed by atoms with E-state index in [0.717, 1.165) is 0 Å². The first kappa shape index (κ1) is 15.9. The zero-order valence-electron chi connectivity index (χ0n) is 12.5. The summed E-state index contributed by atoms with van der Waals surface area (Å²) in [6.07, 6.45) is 2.03. The summed E-state index contributed by atoms with van der Waals surface area (Å²) >= 11 is 0. The Bertz CT molecular complexity index is 660. The van der Waals surface area contributed by atoms with Crippen LogP contribution >= 0.6 is 0 Å². The normalized spacial score (nSPS) is 16.8. The molecule has 0 N–H and O–H groups in total. The third-order valence-corrected chi connectivity index (χ3v) is 3.40. The standard InChI is InChI=1S/C16H17NO5/c1-16(2)9-12(18)8-13(10-16)22-15(19)7-11-5-3-4-6-14(11)17(20)21/h3-6,8H,7,9-10H2,1-2H3. The number of ketones is 1. The van der Waals surface area contributed by atoms with Crippen LogP contribution in [0.3, 0.4) is 0 Å².